The summed E-state index contributed by atoms with van der Waals surface area (Å²) < 4.78 is 1.34. The summed E-state index contributed by atoms with van der Waals surface area (Å²) >= 11 is 0. The zero-order valence-electron chi connectivity index (χ0n) is 8.71. The summed E-state index contributed by atoms with van der Waals surface area (Å²) in [5, 5.41) is 12.7. The summed E-state index contributed by atoms with van der Waals surface area (Å²) in [6.07, 6.45) is 1.79. The molecule has 0 unspecified atom stereocenters. The number of carbonyl (C=O) groups is 1. The predicted molar refractivity (Wildman–Crippen MR) is 55.9 cm³/mol. The highest BCUT2D eigenvalue weighted by Gasteiger charge is 2.15. The molecule has 0 aliphatic rings. The number of fused-ring (bicyclic) bond motifs is 1. The molecule has 2 heterocycles. The van der Waals surface area contributed by atoms with Crippen LogP contribution in [0.3, 0.4) is 0 Å². The van der Waals surface area contributed by atoms with E-state index in [0.717, 1.165) is 0 Å². The number of rotatable bonds is 3. The van der Waals surface area contributed by atoms with Gasteiger partial charge in [0, 0.05) is 5.56 Å². The quantitative estimate of drug-likeness (QED) is 0.749. The Morgan fingerprint density at radius 3 is 3.00 bits per heavy atom. The van der Waals surface area contributed by atoms with Crippen molar-refractivity contribution in [1.82, 2.24) is 19.6 Å². The fourth-order valence-corrected chi connectivity index (χ4v) is 1.58. The molecule has 0 saturated carbocycles. The van der Waals surface area contributed by atoms with Crippen molar-refractivity contribution in [1.29, 1.82) is 0 Å². The number of anilines is 1. The van der Waals surface area contributed by atoms with E-state index >= 15 is 0 Å². The molecule has 2 aromatic rings. The van der Waals surface area contributed by atoms with Gasteiger partial charge in [-0.15, -0.1) is 0 Å². The molecule has 0 bridgehead atoms. The van der Waals surface area contributed by atoms with Crippen LogP contribution in [-0.4, -0.2) is 30.7 Å². The van der Waals surface area contributed by atoms with Gasteiger partial charge in [-0.3, -0.25) is 4.79 Å². The summed E-state index contributed by atoms with van der Waals surface area (Å²) in [5.41, 5.74) is 7.01. The molecule has 0 aliphatic carbocycles. The van der Waals surface area contributed by atoms with Crippen molar-refractivity contribution in [2.75, 3.05) is 5.73 Å². The molecule has 0 aliphatic heterocycles. The van der Waals surface area contributed by atoms with Gasteiger partial charge < -0.3 is 10.8 Å². The molecule has 16 heavy (non-hydrogen) atoms. The van der Waals surface area contributed by atoms with Gasteiger partial charge in [0.05, 0.1) is 12.1 Å². The van der Waals surface area contributed by atoms with Gasteiger partial charge in [0.25, 0.3) is 5.78 Å². The van der Waals surface area contributed by atoms with E-state index in [1.165, 1.54) is 10.8 Å². The number of carboxylic acids is 1. The van der Waals surface area contributed by atoms with E-state index in [2.05, 4.69) is 15.1 Å². The predicted octanol–water partition coefficient (Wildman–Crippen LogP) is -0.104. The van der Waals surface area contributed by atoms with Gasteiger partial charge in [-0.2, -0.15) is 14.6 Å². The molecule has 7 nitrogen and oxygen atoms in total. The van der Waals surface area contributed by atoms with Crippen LogP contribution in [0.25, 0.3) is 5.78 Å². The van der Waals surface area contributed by atoms with Crippen molar-refractivity contribution in [2.24, 2.45) is 0 Å². The number of aromatic nitrogens is 4. The molecule has 2 aromatic heterocycles. The molecule has 0 saturated heterocycles. The number of carboxylic acid groups (broad SMARTS) is 1. The number of nitrogens with two attached hydrogens (primary N) is 1. The minimum atomic E-state index is -0.942. The first-order valence-electron chi connectivity index (χ1n) is 4.82. The van der Waals surface area contributed by atoms with E-state index in [4.69, 9.17) is 10.8 Å². The summed E-state index contributed by atoms with van der Waals surface area (Å²) in [6, 6.07) is 0. The number of nitrogens with zero attached hydrogens (tertiary/aromatic N) is 4. The third-order valence-electron chi connectivity index (χ3n) is 2.31. The van der Waals surface area contributed by atoms with Crippen LogP contribution >= 0.6 is 0 Å². The number of nitrogen functional groups attached to an aromatic ring is 1. The van der Waals surface area contributed by atoms with Gasteiger partial charge in [0.2, 0.25) is 0 Å². The van der Waals surface area contributed by atoms with Crippen LogP contribution in [0.15, 0.2) is 6.33 Å². The fourth-order valence-electron chi connectivity index (χ4n) is 1.58. The maximum absolute atomic E-state index is 10.7. The Hall–Kier alpha value is -2.18. The second-order valence-electron chi connectivity index (χ2n) is 3.32. The zero-order chi connectivity index (χ0) is 11.7. The smallest absolute Gasteiger partial charge is 0.308 e. The van der Waals surface area contributed by atoms with Crippen LogP contribution in [0.2, 0.25) is 0 Å². The highest BCUT2D eigenvalue weighted by atomic mass is 16.4. The van der Waals surface area contributed by atoms with Crippen LogP contribution in [0.1, 0.15) is 18.2 Å². The van der Waals surface area contributed by atoms with Gasteiger partial charge >= 0.3 is 5.97 Å². The Labute approximate surface area is 90.9 Å². The van der Waals surface area contributed by atoms with Crippen LogP contribution in [0.5, 0.6) is 0 Å². The molecule has 0 aromatic carbocycles. The van der Waals surface area contributed by atoms with Crippen molar-refractivity contribution < 1.29 is 9.90 Å². The monoisotopic (exact) mass is 221 g/mol. The lowest BCUT2D eigenvalue weighted by molar-refractivity contribution is -0.136. The molecule has 0 radical (unpaired) electrons. The van der Waals surface area contributed by atoms with Gasteiger partial charge in [-0.05, 0) is 6.42 Å². The third-order valence-corrected chi connectivity index (χ3v) is 2.31. The van der Waals surface area contributed by atoms with Crippen molar-refractivity contribution in [3.8, 4) is 0 Å². The van der Waals surface area contributed by atoms with Gasteiger partial charge in [0.1, 0.15) is 12.1 Å². The largest absolute Gasteiger partial charge is 0.481 e. The second-order valence-corrected chi connectivity index (χ2v) is 3.32. The molecular formula is C9H11N5O2. The molecule has 0 spiro atoms. The topological polar surface area (TPSA) is 106 Å². The van der Waals surface area contributed by atoms with Gasteiger partial charge in [0.15, 0.2) is 0 Å². The number of aliphatic carboxylic acids is 1. The van der Waals surface area contributed by atoms with Crippen molar-refractivity contribution >= 4 is 17.6 Å². The number of hydrogen-bond acceptors (Lipinski definition) is 5. The lowest BCUT2D eigenvalue weighted by Crippen LogP contribution is -2.13. The Morgan fingerprint density at radius 1 is 1.62 bits per heavy atom. The molecule has 7 heteroatoms. The molecule has 0 fully saturated rings. The molecular weight excluding hydrogens is 210 g/mol. The molecule has 0 atom stereocenters. The Balaban J connectivity index is 2.67. The highest BCUT2D eigenvalue weighted by Crippen LogP contribution is 2.17. The first-order valence-corrected chi connectivity index (χ1v) is 4.82. The molecule has 84 valence electrons. The lowest BCUT2D eigenvalue weighted by Gasteiger charge is -2.09. The minimum Gasteiger partial charge on any atom is -0.481 e. The Kier molecular flexibility index (Phi) is 2.43. The summed E-state index contributed by atoms with van der Waals surface area (Å²) in [7, 11) is 0. The zero-order valence-corrected chi connectivity index (χ0v) is 8.71. The van der Waals surface area contributed by atoms with Crippen LogP contribution in [0, 0.1) is 0 Å². The Morgan fingerprint density at radius 2 is 2.38 bits per heavy atom. The van der Waals surface area contributed by atoms with Crippen LogP contribution in [-0.2, 0) is 17.6 Å². The van der Waals surface area contributed by atoms with E-state index in [-0.39, 0.29) is 6.42 Å². The number of aryl methyl sites for hydroxylation is 1. The molecule has 2 rings (SSSR count). The average molecular weight is 221 g/mol. The summed E-state index contributed by atoms with van der Waals surface area (Å²) in [6.45, 7) is 1.89. The standard InChI is InChI=1S/C9H11N5O2/c1-2-6-5(3-7(15)16)8(10)14-9(13-6)11-4-12-14/h4H,2-3,10H2,1H3,(H,15,16). The fraction of sp³-hybridized carbons (Fsp3) is 0.333. The molecule has 3 N–H and O–H groups in total. The highest BCUT2D eigenvalue weighted by molar-refractivity contribution is 5.73. The first-order chi connectivity index (χ1) is 7.63. The Bertz CT molecular complexity index is 548. The van der Waals surface area contributed by atoms with Crippen molar-refractivity contribution in [2.45, 2.75) is 19.8 Å². The first kappa shape index (κ1) is 10.3. The number of hydrogen-bond donors (Lipinski definition) is 2. The normalized spacial score (nSPS) is 10.8. The van der Waals surface area contributed by atoms with Gasteiger partial charge in [-0.1, -0.05) is 6.92 Å². The van der Waals surface area contributed by atoms with E-state index in [1.807, 2.05) is 6.92 Å². The maximum atomic E-state index is 10.7. The van der Waals surface area contributed by atoms with Crippen LogP contribution < -0.4 is 5.73 Å². The average Bonchev–Trinajstić information content (AvgIpc) is 2.69. The summed E-state index contributed by atoms with van der Waals surface area (Å²) in [4.78, 5) is 18.9. The van der Waals surface area contributed by atoms with Crippen LogP contribution in [0.4, 0.5) is 5.82 Å². The SMILES string of the molecule is CCc1nc2ncnn2c(N)c1CC(=O)O. The van der Waals surface area contributed by atoms with Crippen molar-refractivity contribution in [3.63, 3.8) is 0 Å². The van der Waals surface area contributed by atoms with E-state index < -0.39 is 5.97 Å². The van der Waals surface area contributed by atoms with E-state index in [1.54, 1.807) is 0 Å². The third kappa shape index (κ3) is 1.56. The maximum Gasteiger partial charge on any atom is 0.308 e. The van der Waals surface area contributed by atoms with E-state index in [9.17, 15) is 4.79 Å². The second kappa shape index (κ2) is 3.76. The minimum absolute atomic E-state index is 0.155. The lowest BCUT2D eigenvalue weighted by atomic mass is 10.1. The van der Waals surface area contributed by atoms with E-state index in [0.29, 0.717) is 29.3 Å². The summed E-state index contributed by atoms with van der Waals surface area (Å²) in [5.74, 6) is -0.257. The van der Waals surface area contributed by atoms with Gasteiger partial charge in [-0.25, -0.2) is 4.98 Å². The van der Waals surface area contributed by atoms with Crippen molar-refractivity contribution in [3.05, 3.63) is 17.6 Å². The molecule has 0 amide bonds.